The summed E-state index contributed by atoms with van der Waals surface area (Å²) in [4.78, 5) is 0. The predicted molar refractivity (Wildman–Crippen MR) is 80.8 cm³/mol. The Kier molecular flexibility index (Phi) is 4.36. The van der Waals surface area contributed by atoms with Gasteiger partial charge in [0.25, 0.3) is 7.37 Å². The molecule has 0 aliphatic rings. The van der Waals surface area contributed by atoms with Crippen LogP contribution in [0.5, 0.6) is 0 Å². The van der Waals surface area contributed by atoms with Crippen molar-refractivity contribution in [1.29, 1.82) is 0 Å². The van der Waals surface area contributed by atoms with E-state index in [2.05, 4.69) is 6.58 Å². The molecular weight excluding hydrogens is 255 g/mol. The highest BCUT2D eigenvalue weighted by Gasteiger charge is 2.29. The van der Waals surface area contributed by atoms with Crippen LogP contribution < -0.4 is 5.30 Å². The third-order valence-electron chi connectivity index (χ3n) is 2.87. The Balaban J connectivity index is 2.46. The molecule has 0 N–H and O–H groups in total. The Bertz CT molecular complexity index is 591. The van der Waals surface area contributed by atoms with Crippen LogP contribution in [0.2, 0.25) is 0 Å². The van der Waals surface area contributed by atoms with E-state index in [0.717, 1.165) is 5.56 Å². The van der Waals surface area contributed by atoms with Crippen molar-refractivity contribution in [3.63, 3.8) is 0 Å². The molecule has 0 bridgehead atoms. The summed E-state index contributed by atoms with van der Waals surface area (Å²) in [6.07, 6.45) is 0. The van der Waals surface area contributed by atoms with E-state index in [1.807, 2.05) is 67.6 Å². The van der Waals surface area contributed by atoms with Crippen molar-refractivity contribution in [2.24, 2.45) is 0 Å². The van der Waals surface area contributed by atoms with Gasteiger partial charge in [-0.2, -0.15) is 0 Å². The minimum atomic E-state index is -3.08. The second kappa shape index (κ2) is 6.01. The van der Waals surface area contributed by atoms with Gasteiger partial charge < -0.3 is 4.52 Å². The highest BCUT2D eigenvalue weighted by atomic mass is 31.2. The van der Waals surface area contributed by atoms with Crippen LogP contribution in [0.25, 0.3) is 5.31 Å². The quantitative estimate of drug-likeness (QED) is 0.759. The number of rotatable bonds is 5. The summed E-state index contributed by atoms with van der Waals surface area (Å²) < 4.78 is 18.8. The molecule has 19 heavy (non-hydrogen) atoms. The topological polar surface area (TPSA) is 26.3 Å². The van der Waals surface area contributed by atoms with Crippen LogP contribution in [0.15, 0.2) is 67.2 Å². The molecule has 2 rings (SSSR count). The second-order valence-electron chi connectivity index (χ2n) is 4.12. The number of benzene rings is 2. The van der Waals surface area contributed by atoms with Gasteiger partial charge in [-0.05, 0) is 24.6 Å². The molecule has 0 fully saturated rings. The zero-order valence-electron chi connectivity index (χ0n) is 11.0. The standard InChI is InChI=1S/C16H17O2P/c1-3-18-19(17,16-12-8-5-9-13-16)14(2)15-10-6-4-7-11-15/h4-13H,2-3H2,1H3. The first kappa shape index (κ1) is 13.8. The molecule has 98 valence electrons. The maximum atomic E-state index is 13.2. The van der Waals surface area contributed by atoms with Crippen molar-refractivity contribution >= 4 is 18.0 Å². The fourth-order valence-electron chi connectivity index (χ4n) is 1.91. The summed E-state index contributed by atoms with van der Waals surface area (Å²) in [7, 11) is -3.08. The Hall–Kier alpha value is -1.63. The minimum Gasteiger partial charge on any atom is -0.322 e. The maximum Gasteiger partial charge on any atom is 0.261 e. The van der Waals surface area contributed by atoms with Crippen LogP contribution in [0.4, 0.5) is 0 Å². The van der Waals surface area contributed by atoms with Crippen molar-refractivity contribution in [3.8, 4) is 0 Å². The molecule has 0 aromatic heterocycles. The largest absolute Gasteiger partial charge is 0.322 e. The summed E-state index contributed by atoms with van der Waals surface area (Å²) in [6, 6.07) is 18.8. The zero-order chi connectivity index (χ0) is 13.7. The molecular formula is C16H17O2P. The average Bonchev–Trinajstić information content (AvgIpc) is 2.48. The lowest BCUT2D eigenvalue weighted by Crippen LogP contribution is -2.08. The van der Waals surface area contributed by atoms with Crippen LogP contribution in [-0.2, 0) is 9.09 Å². The van der Waals surface area contributed by atoms with Crippen molar-refractivity contribution < 1.29 is 9.09 Å². The van der Waals surface area contributed by atoms with Crippen LogP contribution in [0.3, 0.4) is 0 Å². The third-order valence-corrected chi connectivity index (χ3v) is 5.44. The highest BCUT2D eigenvalue weighted by Crippen LogP contribution is 2.57. The van der Waals surface area contributed by atoms with Gasteiger partial charge in [0.2, 0.25) is 0 Å². The average molecular weight is 272 g/mol. The van der Waals surface area contributed by atoms with E-state index < -0.39 is 7.37 Å². The monoisotopic (exact) mass is 272 g/mol. The van der Waals surface area contributed by atoms with Crippen LogP contribution in [0.1, 0.15) is 12.5 Å². The molecule has 0 saturated carbocycles. The van der Waals surface area contributed by atoms with E-state index in [1.165, 1.54) is 0 Å². The molecule has 2 nitrogen and oxygen atoms in total. The first-order valence-electron chi connectivity index (χ1n) is 6.23. The van der Waals surface area contributed by atoms with E-state index in [1.54, 1.807) is 0 Å². The van der Waals surface area contributed by atoms with Gasteiger partial charge in [0, 0.05) is 10.6 Å². The molecule has 2 aromatic carbocycles. The lowest BCUT2D eigenvalue weighted by molar-refractivity contribution is 0.348. The van der Waals surface area contributed by atoms with Crippen molar-refractivity contribution in [2.45, 2.75) is 6.92 Å². The van der Waals surface area contributed by atoms with Gasteiger partial charge in [0.05, 0.1) is 6.61 Å². The fourth-order valence-corrected chi connectivity index (χ4v) is 3.95. The van der Waals surface area contributed by atoms with Gasteiger partial charge >= 0.3 is 0 Å². The van der Waals surface area contributed by atoms with E-state index in [9.17, 15) is 4.57 Å². The summed E-state index contributed by atoms with van der Waals surface area (Å²) in [5.41, 5.74) is 0.850. The molecule has 0 amide bonds. The molecule has 2 aromatic rings. The van der Waals surface area contributed by atoms with Crippen LogP contribution in [-0.4, -0.2) is 6.61 Å². The molecule has 0 spiro atoms. The van der Waals surface area contributed by atoms with E-state index in [4.69, 9.17) is 4.52 Å². The van der Waals surface area contributed by atoms with E-state index in [0.29, 0.717) is 17.2 Å². The summed E-state index contributed by atoms with van der Waals surface area (Å²) in [5, 5.41) is 1.23. The Labute approximate surface area is 114 Å². The molecule has 1 atom stereocenters. The molecule has 0 aliphatic carbocycles. The second-order valence-corrected chi connectivity index (χ2v) is 6.53. The van der Waals surface area contributed by atoms with Gasteiger partial charge in [-0.15, -0.1) is 0 Å². The van der Waals surface area contributed by atoms with Gasteiger partial charge in [-0.1, -0.05) is 55.1 Å². The predicted octanol–water partition coefficient (Wildman–Crippen LogP) is 4.30. The maximum absolute atomic E-state index is 13.2. The summed E-state index contributed by atoms with van der Waals surface area (Å²) in [6.45, 7) is 6.23. The Morgan fingerprint density at radius 2 is 1.58 bits per heavy atom. The molecule has 0 radical (unpaired) electrons. The SMILES string of the molecule is C=C(c1ccccc1)P(=O)(OCC)c1ccccc1. The first-order valence-corrected chi connectivity index (χ1v) is 7.86. The van der Waals surface area contributed by atoms with Gasteiger partial charge in [-0.25, -0.2) is 0 Å². The number of hydrogen-bond donors (Lipinski definition) is 0. The van der Waals surface area contributed by atoms with Gasteiger partial charge in [0.1, 0.15) is 0 Å². The lowest BCUT2D eigenvalue weighted by Gasteiger charge is -2.20. The Morgan fingerprint density at radius 3 is 2.11 bits per heavy atom. The van der Waals surface area contributed by atoms with Crippen molar-refractivity contribution in [3.05, 3.63) is 72.8 Å². The summed E-state index contributed by atoms with van der Waals surface area (Å²) in [5.74, 6) is 0. The zero-order valence-corrected chi connectivity index (χ0v) is 11.8. The molecule has 0 aliphatic heterocycles. The van der Waals surface area contributed by atoms with Crippen molar-refractivity contribution in [2.75, 3.05) is 6.61 Å². The van der Waals surface area contributed by atoms with Crippen molar-refractivity contribution in [1.82, 2.24) is 0 Å². The molecule has 1 unspecified atom stereocenters. The van der Waals surface area contributed by atoms with Gasteiger partial charge in [-0.3, -0.25) is 4.57 Å². The van der Waals surface area contributed by atoms with Crippen LogP contribution in [0, 0.1) is 0 Å². The van der Waals surface area contributed by atoms with Gasteiger partial charge in [0.15, 0.2) is 0 Å². The molecule has 3 heteroatoms. The Morgan fingerprint density at radius 1 is 1.05 bits per heavy atom. The number of hydrogen-bond acceptors (Lipinski definition) is 2. The first-order chi connectivity index (χ1) is 9.18. The van der Waals surface area contributed by atoms with E-state index >= 15 is 0 Å². The highest BCUT2D eigenvalue weighted by molar-refractivity contribution is 7.76. The third kappa shape index (κ3) is 2.86. The lowest BCUT2D eigenvalue weighted by atomic mass is 10.2. The smallest absolute Gasteiger partial charge is 0.261 e. The molecule has 0 heterocycles. The summed E-state index contributed by atoms with van der Waals surface area (Å²) >= 11 is 0. The fraction of sp³-hybridized carbons (Fsp3) is 0.125. The minimum absolute atomic E-state index is 0.387. The van der Waals surface area contributed by atoms with Crippen LogP contribution >= 0.6 is 7.37 Å². The normalized spacial score (nSPS) is 13.7. The molecule has 0 saturated heterocycles. The van der Waals surface area contributed by atoms with E-state index in [-0.39, 0.29) is 0 Å².